The summed E-state index contributed by atoms with van der Waals surface area (Å²) in [5.74, 6) is -2.80. The number of hydrogen-bond donors (Lipinski definition) is 3. The van der Waals surface area contributed by atoms with E-state index in [1.165, 1.54) is 17.0 Å². The average Bonchev–Trinajstić information content (AvgIpc) is 4.11. The van der Waals surface area contributed by atoms with Crippen molar-refractivity contribution in [1.29, 1.82) is 0 Å². The van der Waals surface area contributed by atoms with Crippen LogP contribution in [0.4, 0.5) is 18.0 Å². The quantitative estimate of drug-likeness (QED) is 0.208. The van der Waals surface area contributed by atoms with Gasteiger partial charge in [-0.2, -0.15) is 18.2 Å². The summed E-state index contributed by atoms with van der Waals surface area (Å²) in [4.78, 5) is 65.5. The number of halogens is 3. The number of carbonyl (C=O) groups is 4. The van der Waals surface area contributed by atoms with Crippen LogP contribution in [0.1, 0.15) is 63.4 Å². The highest BCUT2D eigenvalue weighted by atomic mass is 32.2. The van der Waals surface area contributed by atoms with Crippen LogP contribution in [0, 0.1) is 5.92 Å². The number of fused-ring (bicyclic) bond motifs is 5. The van der Waals surface area contributed by atoms with Gasteiger partial charge in [0.2, 0.25) is 27.4 Å². The summed E-state index contributed by atoms with van der Waals surface area (Å²) in [5.41, 5.74) is -1.35. The number of nitrogens with one attached hydrogen (secondary N) is 3. The Kier molecular flexibility index (Phi) is 10.5. The Labute approximate surface area is 336 Å². The van der Waals surface area contributed by atoms with Crippen molar-refractivity contribution >= 4 is 55.9 Å². The summed E-state index contributed by atoms with van der Waals surface area (Å²) in [6, 6.07) is 8.89. The van der Waals surface area contributed by atoms with Crippen LogP contribution in [0.5, 0.6) is 5.88 Å². The number of methoxy groups -OCH3 is 1. The number of rotatable bonds is 7. The van der Waals surface area contributed by atoms with Crippen LogP contribution in [0.25, 0.3) is 33.5 Å². The van der Waals surface area contributed by atoms with Gasteiger partial charge in [-0.3, -0.25) is 19.1 Å². The molecule has 4 amide bonds. The highest BCUT2D eigenvalue weighted by Crippen LogP contribution is 2.46. The molecule has 2 aliphatic carbocycles. The lowest BCUT2D eigenvalue weighted by Gasteiger charge is -2.29. The normalized spacial score (nSPS) is 25.9. The Morgan fingerprint density at radius 1 is 1.02 bits per heavy atom. The molecule has 8 rings (SSSR count). The van der Waals surface area contributed by atoms with Gasteiger partial charge in [0.15, 0.2) is 5.82 Å². The molecule has 3 fully saturated rings. The maximum atomic E-state index is 14.4. The highest BCUT2D eigenvalue weighted by Gasteiger charge is 2.62. The minimum absolute atomic E-state index is 0.0266. The number of carbonyl (C=O) groups excluding carboxylic acids is 4. The molecule has 4 aromatic rings. The van der Waals surface area contributed by atoms with Gasteiger partial charge in [-0.25, -0.2) is 18.2 Å². The molecule has 2 aromatic carbocycles. The van der Waals surface area contributed by atoms with Gasteiger partial charge < -0.3 is 29.4 Å². The van der Waals surface area contributed by atoms with Crippen LogP contribution >= 0.6 is 0 Å². The first-order valence-electron chi connectivity index (χ1n) is 19.4. The molecule has 2 saturated carbocycles. The first-order valence-corrected chi connectivity index (χ1v) is 20.9. The van der Waals surface area contributed by atoms with Crippen molar-refractivity contribution in [3.8, 4) is 17.3 Å². The van der Waals surface area contributed by atoms with Gasteiger partial charge in [0, 0.05) is 23.3 Å². The number of ether oxygens (including phenoxy) is 2. The second-order valence-electron chi connectivity index (χ2n) is 15.4. The summed E-state index contributed by atoms with van der Waals surface area (Å²) in [6.45, 7) is -0.198. The molecule has 4 heterocycles. The van der Waals surface area contributed by atoms with Crippen molar-refractivity contribution in [2.45, 2.75) is 92.9 Å². The van der Waals surface area contributed by atoms with E-state index in [0.29, 0.717) is 48.6 Å². The van der Waals surface area contributed by atoms with Gasteiger partial charge in [0.1, 0.15) is 34.8 Å². The molecule has 0 unspecified atom stereocenters. The Bertz CT molecular complexity index is 2450. The molecular formula is C40H41F3N6O9S. The maximum Gasteiger partial charge on any atom is 0.416 e. The molecule has 0 bridgehead atoms. The van der Waals surface area contributed by atoms with Gasteiger partial charge in [-0.15, -0.1) is 0 Å². The Balaban J connectivity index is 1.15. The number of hydrogen-bond acceptors (Lipinski definition) is 11. The molecule has 312 valence electrons. The van der Waals surface area contributed by atoms with Crippen LogP contribution in [-0.2, 0) is 35.3 Å². The van der Waals surface area contributed by atoms with Crippen LogP contribution in [0.3, 0.4) is 0 Å². The summed E-state index contributed by atoms with van der Waals surface area (Å²) < 4.78 is 85.5. The van der Waals surface area contributed by atoms with Gasteiger partial charge >= 0.3 is 12.3 Å². The van der Waals surface area contributed by atoms with Crippen LogP contribution in [0.15, 0.2) is 65.1 Å². The van der Waals surface area contributed by atoms with Crippen molar-refractivity contribution in [1.82, 2.24) is 30.2 Å². The number of amides is 4. The van der Waals surface area contributed by atoms with E-state index in [1.54, 1.807) is 30.3 Å². The third kappa shape index (κ3) is 8.16. The zero-order valence-electron chi connectivity index (χ0n) is 31.8. The second kappa shape index (κ2) is 15.5. The molecule has 5 atom stereocenters. The Morgan fingerprint density at radius 2 is 1.78 bits per heavy atom. The molecule has 59 heavy (non-hydrogen) atoms. The van der Waals surface area contributed by atoms with Gasteiger partial charge in [0.25, 0.3) is 11.8 Å². The van der Waals surface area contributed by atoms with E-state index >= 15 is 0 Å². The molecule has 4 aliphatic rings. The molecular weight excluding hydrogens is 798 g/mol. The van der Waals surface area contributed by atoms with Gasteiger partial charge in [-0.05, 0) is 62.8 Å². The van der Waals surface area contributed by atoms with Crippen LogP contribution in [0.2, 0.25) is 0 Å². The molecule has 1 saturated heterocycles. The molecule has 2 aliphatic heterocycles. The summed E-state index contributed by atoms with van der Waals surface area (Å²) >= 11 is 0. The molecule has 19 heteroatoms. The minimum atomic E-state index is -4.57. The number of aromatic nitrogens is 2. The predicted octanol–water partition coefficient (Wildman–Crippen LogP) is 5.14. The number of allylic oxidation sites excluding steroid dienone is 1. The lowest BCUT2D eigenvalue weighted by molar-refractivity contribution is -0.141. The van der Waals surface area contributed by atoms with Crippen LogP contribution < -0.4 is 20.1 Å². The van der Waals surface area contributed by atoms with E-state index in [1.807, 2.05) is 6.08 Å². The first kappa shape index (κ1) is 40.1. The van der Waals surface area contributed by atoms with Gasteiger partial charge in [0.05, 0.1) is 24.5 Å². The number of nitrogens with zero attached hydrogens (tertiary/aromatic N) is 3. The largest absolute Gasteiger partial charge is 0.470 e. The fraction of sp³-hybridized carbons (Fsp3) is 0.450. The highest BCUT2D eigenvalue weighted by molar-refractivity contribution is 7.91. The predicted molar refractivity (Wildman–Crippen MR) is 205 cm³/mol. The van der Waals surface area contributed by atoms with E-state index in [0.717, 1.165) is 25.7 Å². The number of alkyl carbamates (subject to hydrolysis) is 1. The molecule has 2 aromatic heterocycles. The summed E-state index contributed by atoms with van der Waals surface area (Å²) in [6.07, 6.45) is 1.00. The number of alkyl halides is 3. The molecule has 15 nitrogen and oxygen atoms in total. The maximum absolute atomic E-state index is 14.4. The number of sulfonamides is 1. The first-order chi connectivity index (χ1) is 28.2. The SMILES string of the molecule is COC(=O)N[C@H]1CCCCC/C=C\[C@@H]2C[C@@]2(C(=O)NS(=O)(=O)C2CC2)NC(=O)[C@@H]2C[C@@H](Oc3nc(-c4ccc(C(F)(F)F)cc4)nc4c3oc3ccccc34)CN2C1=O. The fourth-order valence-corrected chi connectivity index (χ4v) is 9.15. The van der Waals surface area contributed by atoms with E-state index < -0.39 is 80.5 Å². The lowest BCUT2D eigenvalue weighted by atomic mass is 10.1. The van der Waals surface area contributed by atoms with E-state index in [9.17, 15) is 40.8 Å². The van der Waals surface area contributed by atoms with Crippen molar-refractivity contribution in [2.75, 3.05) is 13.7 Å². The Morgan fingerprint density at radius 3 is 2.51 bits per heavy atom. The topological polar surface area (TPSA) is 199 Å². The smallest absolute Gasteiger partial charge is 0.416 e. The van der Waals surface area contributed by atoms with Gasteiger partial charge in [-0.1, -0.05) is 49.3 Å². The fourth-order valence-electron chi connectivity index (χ4n) is 7.79. The molecule has 0 spiro atoms. The van der Waals surface area contributed by atoms with Crippen molar-refractivity contribution in [3.05, 3.63) is 66.2 Å². The van der Waals surface area contributed by atoms with Crippen molar-refractivity contribution < 1.29 is 54.7 Å². The van der Waals surface area contributed by atoms with E-state index in [2.05, 4.69) is 25.3 Å². The standard InChI is InChI=1S/C40H41F3N6O9S/c1-56-38(53)44-28-11-6-4-2-3-5-9-24-20-39(24,37(52)48-59(54,55)26-17-18-26)47-34(50)29-19-25(21-49(29)36(28)51)57-35-32-31(27-10-7-8-12-30(27)58-32)45-33(46-35)22-13-15-23(16-14-22)40(41,42)43/h5,7-10,12-16,24-26,28-29H,2-4,6,11,17-21H2,1H3,(H,44,53)(H,47,50)(H,48,52)/b9-5-/t24-,25-,28+,29+,39-/m1/s1. The lowest BCUT2D eigenvalue weighted by Crippen LogP contribution is -2.58. The third-order valence-corrected chi connectivity index (χ3v) is 13.1. The average molecular weight is 839 g/mol. The summed E-state index contributed by atoms with van der Waals surface area (Å²) in [7, 11) is -2.80. The number of furan rings is 1. The van der Waals surface area contributed by atoms with E-state index in [-0.39, 0.29) is 48.7 Å². The zero-order chi connectivity index (χ0) is 41.7. The van der Waals surface area contributed by atoms with Crippen molar-refractivity contribution in [3.63, 3.8) is 0 Å². The van der Waals surface area contributed by atoms with Crippen LogP contribution in [-0.4, -0.2) is 89.7 Å². The zero-order valence-corrected chi connectivity index (χ0v) is 32.6. The number of benzene rings is 2. The Hall–Kier alpha value is -5.72. The monoisotopic (exact) mass is 838 g/mol. The van der Waals surface area contributed by atoms with E-state index in [4.69, 9.17) is 13.9 Å². The molecule has 0 radical (unpaired) electrons. The third-order valence-electron chi connectivity index (χ3n) is 11.3. The van der Waals surface area contributed by atoms with Crippen molar-refractivity contribution in [2.24, 2.45) is 5.92 Å². The minimum Gasteiger partial charge on any atom is -0.470 e. The summed E-state index contributed by atoms with van der Waals surface area (Å²) in [5, 5.41) is 5.28. The second-order valence-corrected chi connectivity index (χ2v) is 17.3. The molecule has 3 N–H and O–H groups in total. The number of para-hydroxylation sites is 1.